The average molecular weight is 426 g/mol. The van der Waals surface area contributed by atoms with Gasteiger partial charge < -0.3 is 19.4 Å². The van der Waals surface area contributed by atoms with Gasteiger partial charge in [-0.25, -0.2) is 4.98 Å². The Kier molecular flexibility index (Phi) is 5.85. The van der Waals surface area contributed by atoms with Crippen molar-refractivity contribution in [2.24, 2.45) is 5.92 Å². The summed E-state index contributed by atoms with van der Waals surface area (Å²) >= 11 is 1.45. The van der Waals surface area contributed by atoms with E-state index in [2.05, 4.69) is 10.3 Å². The van der Waals surface area contributed by atoms with Gasteiger partial charge in [0.2, 0.25) is 5.91 Å². The van der Waals surface area contributed by atoms with Gasteiger partial charge in [0.15, 0.2) is 5.13 Å². The molecule has 0 saturated carbocycles. The van der Waals surface area contributed by atoms with Gasteiger partial charge in [-0.2, -0.15) is 0 Å². The second-order valence-electron chi connectivity index (χ2n) is 7.24. The number of furan rings is 1. The molecule has 1 unspecified atom stereocenters. The number of carbonyl (C=O) groups is 2. The molecule has 0 spiro atoms. The van der Waals surface area contributed by atoms with Crippen LogP contribution in [0.3, 0.4) is 0 Å². The Hall–Kier alpha value is -3.13. The normalized spacial score (nSPS) is 16.3. The number of carbonyl (C=O) groups excluding carboxylic acids is 2. The molecule has 3 heterocycles. The molecule has 1 atom stereocenters. The number of nitrogens with one attached hydrogen (secondary N) is 1. The van der Waals surface area contributed by atoms with Crippen LogP contribution >= 0.6 is 11.3 Å². The summed E-state index contributed by atoms with van der Waals surface area (Å²) in [7, 11) is 1.63. The van der Waals surface area contributed by atoms with Crippen molar-refractivity contribution in [3.63, 3.8) is 0 Å². The van der Waals surface area contributed by atoms with Crippen LogP contribution < -0.4 is 10.1 Å². The number of likely N-dealkylation sites (tertiary alicyclic amines) is 1. The molecule has 0 bridgehead atoms. The van der Waals surface area contributed by atoms with Crippen molar-refractivity contribution in [1.82, 2.24) is 9.88 Å². The Balaban J connectivity index is 1.42. The maximum absolute atomic E-state index is 12.8. The van der Waals surface area contributed by atoms with Crippen LogP contribution in [0.25, 0.3) is 11.3 Å². The van der Waals surface area contributed by atoms with Crippen molar-refractivity contribution >= 4 is 28.3 Å². The second kappa shape index (κ2) is 8.71. The first-order valence-electron chi connectivity index (χ1n) is 9.79. The van der Waals surface area contributed by atoms with Crippen LogP contribution in [0.5, 0.6) is 5.75 Å². The summed E-state index contributed by atoms with van der Waals surface area (Å²) in [5, 5.41) is 3.52. The fourth-order valence-corrected chi connectivity index (χ4v) is 4.46. The SMILES string of the molecule is COc1ccc(-c2nc(NC(=O)C3CCCN(C(=O)c4ccoc4)C3)sc2C)cc1. The van der Waals surface area contributed by atoms with E-state index in [9.17, 15) is 9.59 Å². The molecule has 1 saturated heterocycles. The fourth-order valence-electron chi connectivity index (χ4n) is 3.62. The Labute approximate surface area is 178 Å². The molecule has 3 aromatic rings. The number of piperidine rings is 1. The topological polar surface area (TPSA) is 84.7 Å². The molecule has 156 valence electrons. The van der Waals surface area contributed by atoms with Gasteiger partial charge >= 0.3 is 0 Å². The summed E-state index contributed by atoms with van der Waals surface area (Å²) in [5.74, 6) is 0.318. The molecule has 1 aromatic carbocycles. The van der Waals surface area contributed by atoms with E-state index in [1.807, 2.05) is 31.2 Å². The molecule has 7 nitrogen and oxygen atoms in total. The van der Waals surface area contributed by atoms with Crippen molar-refractivity contribution in [3.8, 4) is 17.0 Å². The van der Waals surface area contributed by atoms with E-state index in [1.54, 1.807) is 18.1 Å². The van der Waals surface area contributed by atoms with Crippen LogP contribution in [0.15, 0.2) is 47.3 Å². The number of ether oxygens (including phenoxy) is 1. The lowest BCUT2D eigenvalue weighted by Crippen LogP contribution is -2.43. The maximum atomic E-state index is 12.8. The standard InChI is InChI=1S/C22H23N3O4S/c1-14-19(15-5-7-18(28-2)8-6-15)23-22(30-14)24-20(26)16-4-3-10-25(12-16)21(27)17-9-11-29-13-17/h5-9,11,13,16H,3-4,10,12H2,1-2H3,(H,23,24,26). The largest absolute Gasteiger partial charge is 0.497 e. The second-order valence-corrected chi connectivity index (χ2v) is 8.45. The Morgan fingerprint density at radius 1 is 1.27 bits per heavy atom. The molecule has 0 aliphatic carbocycles. The van der Waals surface area contributed by atoms with Crippen molar-refractivity contribution in [2.75, 3.05) is 25.5 Å². The summed E-state index contributed by atoms with van der Waals surface area (Å²) in [6.45, 7) is 3.02. The highest BCUT2D eigenvalue weighted by Crippen LogP contribution is 2.32. The highest BCUT2D eigenvalue weighted by atomic mass is 32.1. The summed E-state index contributed by atoms with van der Waals surface area (Å²) in [6.07, 6.45) is 4.45. The molecular formula is C22H23N3O4S. The van der Waals surface area contributed by atoms with Gasteiger partial charge in [0, 0.05) is 23.5 Å². The van der Waals surface area contributed by atoms with Crippen LogP contribution in [0.2, 0.25) is 0 Å². The lowest BCUT2D eigenvalue weighted by atomic mass is 9.97. The van der Waals surface area contributed by atoms with E-state index >= 15 is 0 Å². The fraction of sp³-hybridized carbons (Fsp3) is 0.318. The van der Waals surface area contributed by atoms with Crippen molar-refractivity contribution in [3.05, 3.63) is 53.3 Å². The van der Waals surface area contributed by atoms with Crippen LogP contribution in [0.4, 0.5) is 5.13 Å². The first kappa shape index (κ1) is 20.2. The molecule has 1 aliphatic rings. The Morgan fingerprint density at radius 2 is 2.07 bits per heavy atom. The number of methoxy groups -OCH3 is 1. The first-order chi connectivity index (χ1) is 14.5. The van der Waals surface area contributed by atoms with Crippen molar-refractivity contribution < 1.29 is 18.7 Å². The molecular weight excluding hydrogens is 402 g/mol. The zero-order valence-electron chi connectivity index (χ0n) is 16.9. The van der Waals surface area contributed by atoms with Gasteiger partial charge in [0.05, 0.1) is 30.5 Å². The van der Waals surface area contributed by atoms with E-state index in [1.165, 1.54) is 23.9 Å². The predicted molar refractivity (Wildman–Crippen MR) is 115 cm³/mol. The number of nitrogens with zero attached hydrogens (tertiary/aromatic N) is 2. The molecule has 2 aromatic heterocycles. The number of rotatable bonds is 5. The number of hydrogen-bond acceptors (Lipinski definition) is 6. The molecule has 1 N–H and O–H groups in total. The quantitative estimate of drug-likeness (QED) is 0.662. The minimum absolute atomic E-state index is 0.102. The van der Waals surface area contributed by atoms with Crippen LogP contribution in [-0.2, 0) is 4.79 Å². The predicted octanol–water partition coefficient (Wildman–Crippen LogP) is 4.21. The Bertz CT molecular complexity index is 1030. The van der Waals surface area contributed by atoms with Crippen LogP contribution in [0, 0.1) is 12.8 Å². The highest BCUT2D eigenvalue weighted by Gasteiger charge is 2.30. The number of amides is 2. The minimum atomic E-state index is -0.261. The number of benzene rings is 1. The van der Waals surface area contributed by atoms with E-state index in [4.69, 9.17) is 9.15 Å². The zero-order chi connectivity index (χ0) is 21.1. The third-order valence-corrected chi connectivity index (χ3v) is 6.12. The van der Waals surface area contributed by atoms with Crippen LogP contribution in [-0.4, -0.2) is 41.9 Å². The summed E-state index contributed by atoms with van der Waals surface area (Å²) < 4.78 is 10.2. The van der Waals surface area contributed by atoms with E-state index in [0.717, 1.165) is 34.7 Å². The Morgan fingerprint density at radius 3 is 2.77 bits per heavy atom. The van der Waals surface area contributed by atoms with E-state index in [-0.39, 0.29) is 17.7 Å². The number of thiazole rings is 1. The third-order valence-electron chi connectivity index (χ3n) is 5.24. The molecule has 1 aliphatic heterocycles. The van der Waals surface area contributed by atoms with Crippen molar-refractivity contribution in [1.29, 1.82) is 0 Å². The molecule has 1 fully saturated rings. The first-order valence-corrected chi connectivity index (χ1v) is 10.6. The number of aromatic nitrogens is 1. The summed E-state index contributed by atoms with van der Waals surface area (Å²) in [4.78, 5) is 32.8. The van der Waals surface area contributed by atoms with Gasteiger partial charge in [-0.1, -0.05) is 0 Å². The maximum Gasteiger partial charge on any atom is 0.257 e. The molecule has 8 heteroatoms. The lowest BCUT2D eigenvalue weighted by Gasteiger charge is -2.31. The van der Waals surface area contributed by atoms with Gasteiger partial charge in [0.25, 0.3) is 5.91 Å². The van der Waals surface area contributed by atoms with Gasteiger partial charge in [-0.05, 0) is 50.1 Å². The smallest absolute Gasteiger partial charge is 0.257 e. The third kappa shape index (κ3) is 4.23. The van der Waals surface area contributed by atoms with Gasteiger partial charge in [0.1, 0.15) is 12.0 Å². The highest BCUT2D eigenvalue weighted by molar-refractivity contribution is 7.16. The van der Waals surface area contributed by atoms with Gasteiger partial charge in [-0.15, -0.1) is 11.3 Å². The summed E-state index contributed by atoms with van der Waals surface area (Å²) in [6, 6.07) is 9.32. The van der Waals surface area contributed by atoms with E-state index in [0.29, 0.717) is 23.8 Å². The molecule has 4 rings (SSSR count). The average Bonchev–Trinajstić information content (AvgIpc) is 3.43. The zero-order valence-corrected chi connectivity index (χ0v) is 17.7. The van der Waals surface area contributed by atoms with E-state index < -0.39 is 0 Å². The number of aryl methyl sites for hydroxylation is 1. The van der Waals surface area contributed by atoms with Crippen LogP contribution in [0.1, 0.15) is 28.1 Å². The lowest BCUT2D eigenvalue weighted by molar-refractivity contribution is -0.121. The minimum Gasteiger partial charge on any atom is -0.497 e. The van der Waals surface area contributed by atoms with Crippen molar-refractivity contribution in [2.45, 2.75) is 19.8 Å². The number of anilines is 1. The number of hydrogen-bond donors (Lipinski definition) is 1. The summed E-state index contributed by atoms with van der Waals surface area (Å²) in [5.41, 5.74) is 2.33. The molecule has 30 heavy (non-hydrogen) atoms. The molecule has 0 radical (unpaired) electrons. The molecule has 2 amide bonds. The monoisotopic (exact) mass is 425 g/mol. The van der Waals surface area contributed by atoms with Gasteiger partial charge in [-0.3, -0.25) is 9.59 Å².